The lowest BCUT2D eigenvalue weighted by Gasteiger charge is -2.25. The number of azo groups is 1. The molecular formula is C56H83N5O9S. The van der Waals surface area contributed by atoms with Gasteiger partial charge in [-0.3, -0.25) is 9.59 Å². The summed E-state index contributed by atoms with van der Waals surface area (Å²) in [6, 6.07) is 9.97. The number of anilines is 1. The number of allylic oxidation sites excluding steroid dienone is 4. The van der Waals surface area contributed by atoms with Gasteiger partial charge in [-0.2, -0.15) is 10.5 Å². The second kappa shape index (κ2) is 41.5. The highest BCUT2D eigenvalue weighted by atomic mass is 32.1. The van der Waals surface area contributed by atoms with Crippen molar-refractivity contribution >= 4 is 52.2 Å². The van der Waals surface area contributed by atoms with Crippen LogP contribution in [0.25, 0.3) is 0 Å². The Hall–Kier alpha value is -5.06. The predicted molar refractivity (Wildman–Crippen MR) is 282 cm³/mol. The normalized spacial score (nSPS) is 12.3. The molecule has 2 unspecified atom stereocenters. The minimum atomic E-state index is -0.428. The summed E-state index contributed by atoms with van der Waals surface area (Å²) in [6.07, 6.45) is 30.5. The van der Waals surface area contributed by atoms with E-state index in [1.807, 2.05) is 37.3 Å². The molecule has 1 aromatic heterocycles. The smallest absolute Gasteiger partial charge is 0.306 e. The molecule has 0 aliphatic carbocycles. The summed E-state index contributed by atoms with van der Waals surface area (Å²) in [6.45, 7) is 11.0. The zero-order valence-corrected chi connectivity index (χ0v) is 44.2. The number of benzene rings is 1. The molecule has 15 heteroatoms. The third kappa shape index (κ3) is 29.2. The number of carbonyl (C=O) groups excluding carboxylic acids is 4. The van der Waals surface area contributed by atoms with Crippen molar-refractivity contribution in [1.82, 2.24) is 0 Å². The highest BCUT2D eigenvalue weighted by Gasteiger charge is 2.17. The largest absolute Gasteiger partial charge is 0.463 e. The molecule has 0 bridgehead atoms. The Bertz CT molecular complexity index is 1970. The van der Waals surface area contributed by atoms with Gasteiger partial charge < -0.3 is 38.2 Å². The van der Waals surface area contributed by atoms with Crippen LogP contribution in [0.15, 0.2) is 52.7 Å². The van der Waals surface area contributed by atoms with Gasteiger partial charge in [0.2, 0.25) is 0 Å². The number of esters is 2. The summed E-state index contributed by atoms with van der Waals surface area (Å²) in [5.41, 5.74) is 3.28. The number of thiophene rings is 1. The van der Waals surface area contributed by atoms with Crippen LogP contribution in [0, 0.1) is 48.3 Å². The third-order valence-corrected chi connectivity index (χ3v) is 13.0. The van der Waals surface area contributed by atoms with Gasteiger partial charge in [-0.25, -0.2) is 0 Å². The minimum absolute atomic E-state index is 0.0287. The van der Waals surface area contributed by atoms with Crippen molar-refractivity contribution < 1.29 is 42.9 Å². The fourth-order valence-electron chi connectivity index (χ4n) is 7.56. The molecule has 0 saturated heterocycles. The maximum absolute atomic E-state index is 12.5. The van der Waals surface area contributed by atoms with E-state index >= 15 is 0 Å². The lowest BCUT2D eigenvalue weighted by Crippen LogP contribution is -2.31. The van der Waals surface area contributed by atoms with Crippen LogP contribution in [-0.2, 0) is 42.9 Å². The molecule has 392 valence electrons. The average molecular weight is 1000 g/mol. The summed E-state index contributed by atoms with van der Waals surface area (Å²) >= 11 is 1.13. The van der Waals surface area contributed by atoms with Gasteiger partial charge in [0, 0.05) is 30.6 Å². The van der Waals surface area contributed by atoms with Crippen molar-refractivity contribution in [2.24, 2.45) is 22.1 Å². The molecule has 71 heavy (non-hydrogen) atoms. The van der Waals surface area contributed by atoms with E-state index < -0.39 is 23.8 Å². The van der Waals surface area contributed by atoms with Gasteiger partial charge in [-0.1, -0.05) is 115 Å². The van der Waals surface area contributed by atoms with E-state index in [0.717, 1.165) is 60.8 Å². The van der Waals surface area contributed by atoms with Gasteiger partial charge in [0.15, 0.2) is 5.00 Å². The molecule has 2 atom stereocenters. The van der Waals surface area contributed by atoms with Gasteiger partial charge in [-0.15, -0.1) is 21.6 Å². The first kappa shape index (κ1) is 62.1. The lowest BCUT2D eigenvalue weighted by atomic mass is 10.0. The molecule has 0 fully saturated rings. The van der Waals surface area contributed by atoms with Crippen molar-refractivity contribution in [2.45, 2.75) is 156 Å². The monoisotopic (exact) mass is 1000 g/mol. The van der Waals surface area contributed by atoms with Crippen molar-refractivity contribution in [3.8, 4) is 12.1 Å². The van der Waals surface area contributed by atoms with E-state index in [2.05, 4.69) is 53.3 Å². The Labute approximate surface area is 429 Å². The quantitative estimate of drug-likeness (QED) is 0.0201. The maximum atomic E-state index is 12.5. The fourth-order valence-corrected chi connectivity index (χ4v) is 8.44. The van der Waals surface area contributed by atoms with Crippen molar-refractivity contribution in [2.75, 3.05) is 70.8 Å². The van der Waals surface area contributed by atoms with Gasteiger partial charge >= 0.3 is 11.9 Å². The maximum Gasteiger partial charge on any atom is 0.306 e. The molecule has 1 aromatic carbocycles. The molecule has 14 nitrogen and oxygen atoms in total. The molecule has 0 amide bonds. The molecule has 2 rings (SSSR count). The number of nitriles is 2. The van der Waals surface area contributed by atoms with Crippen LogP contribution in [0.1, 0.15) is 164 Å². The van der Waals surface area contributed by atoms with Crippen LogP contribution in [0.3, 0.4) is 0 Å². The summed E-state index contributed by atoms with van der Waals surface area (Å²) < 4.78 is 28.1. The van der Waals surface area contributed by atoms with Crippen molar-refractivity contribution in [3.05, 3.63) is 64.1 Å². The summed E-state index contributed by atoms with van der Waals surface area (Å²) in [7, 11) is 0. The second-order valence-corrected chi connectivity index (χ2v) is 18.8. The van der Waals surface area contributed by atoms with Crippen LogP contribution in [0.4, 0.5) is 16.4 Å². The van der Waals surface area contributed by atoms with Gasteiger partial charge in [0.05, 0.1) is 63.7 Å². The molecule has 0 N–H and O–H groups in total. The number of aldehydes is 2. The molecule has 0 aliphatic heterocycles. The first-order chi connectivity index (χ1) is 34.7. The number of hydrogen-bond donors (Lipinski definition) is 0. The Balaban J connectivity index is 1.81. The summed E-state index contributed by atoms with van der Waals surface area (Å²) in [5, 5.41) is 28.1. The lowest BCUT2D eigenvalue weighted by molar-refractivity contribution is -0.147. The number of unbranched alkanes of at least 4 members (excludes halogenated alkanes) is 14. The van der Waals surface area contributed by atoms with E-state index in [9.17, 15) is 29.7 Å². The van der Waals surface area contributed by atoms with E-state index in [-0.39, 0.29) is 39.3 Å². The van der Waals surface area contributed by atoms with Crippen LogP contribution in [-0.4, -0.2) is 90.5 Å². The van der Waals surface area contributed by atoms with E-state index in [1.165, 1.54) is 77.0 Å². The molecule has 0 aliphatic rings. The topological polar surface area (TPSA) is 190 Å². The molecule has 1 heterocycles. The van der Waals surface area contributed by atoms with Gasteiger partial charge in [-0.05, 0) is 81.7 Å². The Morgan fingerprint density at radius 1 is 0.634 bits per heavy atom. The summed E-state index contributed by atoms with van der Waals surface area (Å²) in [5.74, 6) is -1.67. The van der Waals surface area contributed by atoms with Gasteiger partial charge in [0.25, 0.3) is 0 Å². The van der Waals surface area contributed by atoms with Crippen molar-refractivity contribution in [3.63, 3.8) is 0 Å². The number of ether oxygens (including phenoxy) is 5. The standard InChI is InChI=1S/C56H83N5O9S/c1-5-7-9-11-13-15-16-17-18-20-22-24-26-48(44-62)40-54(64)69-37-35-67-32-30-61(50-27-28-52(46(3)39-50)59-60-56-51(42-57)47(4)53(43-58)71-56)29-31-66-33-34-68-36-38-70-55(65)41-49(45-63)25-23-21-19-14-12-10-8-6-2/h21-24,27-28,39,44-45,48-49H,5-20,25-26,29-38,40-41H2,1-4H3/b23-21+,24-22+,60-59?. The first-order valence-corrected chi connectivity index (χ1v) is 27.0. The number of carbonyl (C=O) groups is 4. The Morgan fingerprint density at radius 3 is 1.58 bits per heavy atom. The molecule has 0 spiro atoms. The number of aryl methyl sites for hydroxylation is 1. The van der Waals surface area contributed by atoms with E-state index in [0.29, 0.717) is 79.1 Å². The minimum Gasteiger partial charge on any atom is -0.463 e. The highest BCUT2D eigenvalue weighted by molar-refractivity contribution is 7.16. The SMILES string of the molecule is CCCCCCC/C=C/CC(C=O)CC(=O)OCCOCCOCCN(CCOCCOC(=O)CC(C=O)C/C=C/CCCCCCCCCCC)c1ccc(N=Nc2sc(C#N)c(C)c2C#N)c(C)c1. The molecular weight excluding hydrogens is 919 g/mol. The molecule has 0 saturated carbocycles. The van der Waals surface area contributed by atoms with E-state index in [4.69, 9.17) is 23.7 Å². The predicted octanol–water partition coefficient (Wildman–Crippen LogP) is 13.1. The molecule has 2 aromatic rings. The number of hydrogen-bond acceptors (Lipinski definition) is 15. The van der Waals surface area contributed by atoms with Crippen LogP contribution >= 0.6 is 11.3 Å². The first-order valence-electron chi connectivity index (χ1n) is 26.2. The average Bonchev–Trinajstić information content (AvgIpc) is 3.69. The Morgan fingerprint density at radius 2 is 1.11 bits per heavy atom. The second-order valence-electron chi connectivity index (χ2n) is 17.8. The van der Waals surface area contributed by atoms with Crippen molar-refractivity contribution in [1.29, 1.82) is 10.5 Å². The van der Waals surface area contributed by atoms with Crippen LogP contribution in [0.5, 0.6) is 0 Å². The highest BCUT2D eigenvalue weighted by Crippen LogP contribution is 2.36. The Kier molecular flexibility index (Phi) is 36.3. The van der Waals surface area contributed by atoms with E-state index in [1.54, 1.807) is 6.92 Å². The van der Waals surface area contributed by atoms with Crippen LogP contribution in [0.2, 0.25) is 0 Å². The number of rotatable bonds is 44. The van der Waals surface area contributed by atoms with Crippen LogP contribution < -0.4 is 4.90 Å². The van der Waals surface area contributed by atoms with Gasteiger partial charge in [0.1, 0.15) is 42.8 Å². The number of nitrogens with zero attached hydrogens (tertiary/aromatic N) is 5. The summed E-state index contributed by atoms with van der Waals surface area (Å²) in [4.78, 5) is 50.6. The molecule has 0 radical (unpaired) electrons. The fraction of sp³-hybridized carbons (Fsp3) is 0.643. The third-order valence-electron chi connectivity index (χ3n) is 11.9. The zero-order chi connectivity index (χ0) is 51.6. The zero-order valence-electron chi connectivity index (χ0n) is 43.4.